The maximum absolute atomic E-state index is 12.5. The summed E-state index contributed by atoms with van der Waals surface area (Å²) in [7, 11) is 1.62. The van der Waals surface area contributed by atoms with Crippen molar-refractivity contribution in [2.24, 2.45) is 0 Å². The molecule has 140 valence electrons. The Morgan fingerprint density at radius 1 is 1.14 bits per heavy atom. The maximum Gasteiger partial charge on any atom is 0.274 e. The quantitative estimate of drug-likeness (QED) is 0.686. The minimum atomic E-state index is -0.351. The normalized spacial score (nSPS) is 10.0. The molecule has 1 aromatic heterocycles. The molecule has 0 fully saturated rings. The van der Waals surface area contributed by atoms with Gasteiger partial charge in [0.05, 0.1) is 18.7 Å². The van der Waals surface area contributed by atoms with Gasteiger partial charge in [-0.3, -0.25) is 4.79 Å². The average Bonchev–Trinajstić information content (AvgIpc) is 2.72. The molecule has 7 heteroatoms. The van der Waals surface area contributed by atoms with Crippen LogP contribution in [0.3, 0.4) is 0 Å². The third kappa shape index (κ3) is 4.62. The van der Waals surface area contributed by atoms with E-state index in [0.717, 1.165) is 11.3 Å². The second-order valence-corrected chi connectivity index (χ2v) is 5.99. The molecule has 0 unspecified atom stereocenters. The molecule has 0 aliphatic carbocycles. The average molecular weight is 373 g/mol. The third-order valence-electron chi connectivity index (χ3n) is 3.99. The van der Waals surface area contributed by atoms with Crippen LogP contribution in [-0.4, -0.2) is 23.0 Å². The summed E-state index contributed by atoms with van der Waals surface area (Å²) in [6.07, 6.45) is 0. The summed E-state index contributed by atoms with van der Waals surface area (Å²) in [5.41, 5.74) is 2.34. The van der Waals surface area contributed by atoms with Gasteiger partial charge in [0.15, 0.2) is 0 Å². The number of ether oxygens (including phenoxy) is 1. The second-order valence-electron chi connectivity index (χ2n) is 5.99. The van der Waals surface area contributed by atoms with Crippen molar-refractivity contribution in [3.8, 4) is 11.8 Å². The molecule has 0 bridgehead atoms. The highest BCUT2D eigenvalue weighted by atomic mass is 16.5. The SMILES string of the molecule is COc1ccccc1CNc1cc(C(=O)Nc2ccc(C#N)cc2)nc(C)n1. The largest absolute Gasteiger partial charge is 0.496 e. The van der Waals surface area contributed by atoms with Crippen molar-refractivity contribution in [3.63, 3.8) is 0 Å². The summed E-state index contributed by atoms with van der Waals surface area (Å²) in [5.74, 6) is 1.45. The van der Waals surface area contributed by atoms with Crippen LogP contribution in [0, 0.1) is 18.3 Å². The first-order valence-electron chi connectivity index (χ1n) is 8.62. The van der Waals surface area contributed by atoms with Gasteiger partial charge in [-0.2, -0.15) is 5.26 Å². The number of para-hydroxylation sites is 1. The molecule has 1 heterocycles. The minimum Gasteiger partial charge on any atom is -0.496 e. The van der Waals surface area contributed by atoms with E-state index in [4.69, 9.17) is 10.00 Å². The van der Waals surface area contributed by atoms with Crippen LogP contribution in [0.5, 0.6) is 5.75 Å². The minimum absolute atomic E-state index is 0.249. The van der Waals surface area contributed by atoms with Gasteiger partial charge >= 0.3 is 0 Å². The molecular formula is C21H19N5O2. The summed E-state index contributed by atoms with van der Waals surface area (Å²) >= 11 is 0. The Hall–Kier alpha value is -3.92. The summed E-state index contributed by atoms with van der Waals surface area (Å²) in [6, 6.07) is 17.9. The zero-order valence-corrected chi connectivity index (χ0v) is 15.6. The Kier molecular flexibility index (Phi) is 5.82. The summed E-state index contributed by atoms with van der Waals surface area (Å²) in [5, 5.41) is 14.8. The fourth-order valence-corrected chi connectivity index (χ4v) is 2.63. The van der Waals surface area contributed by atoms with Crippen molar-refractivity contribution in [3.05, 3.63) is 77.2 Å². The molecule has 0 aliphatic rings. The van der Waals surface area contributed by atoms with Crippen molar-refractivity contribution in [2.45, 2.75) is 13.5 Å². The van der Waals surface area contributed by atoms with E-state index >= 15 is 0 Å². The van der Waals surface area contributed by atoms with Crippen molar-refractivity contribution in [1.29, 1.82) is 5.26 Å². The molecule has 2 aromatic carbocycles. The molecule has 1 amide bonds. The number of carbonyl (C=O) groups excluding carboxylic acids is 1. The molecule has 0 atom stereocenters. The van der Waals surface area contributed by atoms with Crippen LogP contribution in [0.2, 0.25) is 0 Å². The van der Waals surface area contributed by atoms with Crippen LogP contribution in [0.15, 0.2) is 54.6 Å². The van der Waals surface area contributed by atoms with Crippen LogP contribution in [0.1, 0.15) is 27.4 Å². The number of anilines is 2. The predicted octanol–water partition coefficient (Wildman–Crippen LogP) is 3.53. The Morgan fingerprint density at radius 3 is 2.61 bits per heavy atom. The van der Waals surface area contributed by atoms with Gasteiger partial charge in [0.1, 0.15) is 23.1 Å². The highest BCUT2D eigenvalue weighted by Crippen LogP contribution is 2.19. The zero-order valence-electron chi connectivity index (χ0n) is 15.6. The smallest absolute Gasteiger partial charge is 0.274 e. The molecule has 28 heavy (non-hydrogen) atoms. The zero-order chi connectivity index (χ0) is 19.9. The summed E-state index contributed by atoms with van der Waals surface area (Å²) in [4.78, 5) is 21.1. The molecule has 0 aliphatic heterocycles. The molecule has 7 nitrogen and oxygen atoms in total. The fraction of sp³-hybridized carbons (Fsp3) is 0.143. The topological polar surface area (TPSA) is 99.9 Å². The molecule has 3 aromatic rings. The van der Waals surface area contributed by atoms with E-state index in [1.54, 1.807) is 44.4 Å². The van der Waals surface area contributed by atoms with Gasteiger partial charge in [-0.05, 0) is 37.3 Å². The number of aromatic nitrogens is 2. The lowest BCUT2D eigenvalue weighted by atomic mass is 10.2. The first-order valence-corrected chi connectivity index (χ1v) is 8.62. The van der Waals surface area contributed by atoms with Crippen molar-refractivity contribution < 1.29 is 9.53 Å². The number of hydrogen-bond donors (Lipinski definition) is 2. The summed E-state index contributed by atoms with van der Waals surface area (Å²) in [6.45, 7) is 2.23. The molecule has 2 N–H and O–H groups in total. The van der Waals surface area contributed by atoms with E-state index in [2.05, 4.69) is 20.6 Å². The van der Waals surface area contributed by atoms with Crippen LogP contribution in [0.4, 0.5) is 11.5 Å². The van der Waals surface area contributed by atoms with E-state index in [1.165, 1.54) is 0 Å². The van der Waals surface area contributed by atoms with Crippen molar-refractivity contribution >= 4 is 17.4 Å². The van der Waals surface area contributed by atoms with Crippen molar-refractivity contribution in [2.75, 3.05) is 17.7 Å². The number of aryl methyl sites for hydroxylation is 1. The van der Waals surface area contributed by atoms with Gasteiger partial charge in [0.25, 0.3) is 5.91 Å². The van der Waals surface area contributed by atoms with Crippen molar-refractivity contribution in [1.82, 2.24) is 9.97 Å². The molecular weight excluding hydrogens is 354 g/mol. The lowest BCUT2D eigenvalue weighted by Gasteiger charge is -2.11. The monoisotopic (exact) mass is 373 g/mol. The number of amides is 1. The number of methoxy groups -OCH3 is 1. The Bertz CT molecular complexity index is 1030. The number of rotatable bonds is 6. The van der Waals surface area contributed by atoms with E-state index < -0.39 is 0 Å². The number of nitriles is 1. The standard InChI is InChI=1S/C21H19N5O2/c1-14-24-18(21(27)26-17-9-7-15(12-22)8-10-17)11-20(25-14)23-13-16-5-3-4-6-19(16)28-2/h3-11H,13H2,1-2H3,(H,26,27)(H,23,24,25). The maximum atomic E-state index is 12.5. The molecule has 3 rings (SSSR count). The van der Waals surface area contributed by atoms with Gasteiger partial charge in [-0.25, -0.2) is 9.97 Å². The van der Waals surface area contributed by atoms with Gasteiger partial charge in [-0.15, -0.1) is 0 Å². The van der Waals surface area contributed by atoms with E-state index in [-0.39, 0.29) is 11.6 Å². The van der Waals surface area contributed by atoms with Crippen LogP contribution >= 0.6 is 0 Å². The van der Waals surface area contributed by atoms with Gasteiger partial charge in [-0.1, -0.05) is 18.2 Å². The molecule has 0 saturated heterocycles. The fourth-order valence-electron chi connectivity index (χ4n) is 2.63. The van der Waals surface area contributed by atoms with Crippen LogP contribution < -0.4 is 15.4 Å². The second kappa shape index (κ2) is 8.64. The van der Waals surface area contributed by atoms with E-state index in [9.17, 15) is 4.79 Å². The first kappa shape index (κ1) is 18.9. The number of hydrogen-bond acceptors (Lipinski definition) is 6. The number of carbonyl (C=O) groups is 1. The van der Waals surface area contributed by atoms with Gasteiger partial charge in [0.2, 0.25) is 0 Å². The Morgan fingerprint density at radius 2 is 1.89 bits per heavy atom. The summed E-state index contributed by atoms with van der Waals surface area (Å²) < 4.78 is 5.35. The lowest BCUT2D eigenvalue weighted by molar-refractivity contribution is 0.102. The number of benzene rings is 2. The first-order chi connectivity index (χ1) is 13.6. The van der Waals surface area contributed by atoms with E-state index in [1.807, 2.05) is 30.3 Å². The van der Waals surface area contributed by atoms with Gasteiger partial charge < -0.3 is 15.4 Å². The Balaban J connectivity index is 1.73. The highest BCUT2D eigenvalue weighted by molar-refractivity contribution is 6.03. The number of nitrogens with zero attached hydrogens (tertiary/aromatic N) is 3. The Labute approximate surface area is 163 Å². The third-order valence-corrected chi connectivity index (χ3v) is 3.99. The van der Waals surface area contributed by atoms with Crippen LogP contribution in [-0.2, 0) is 6.54 Å². The molecule has 0 saturated carbocycles. The lowest BCUT2D eigenvalue weighted by Crippen LogP contribution is -2.16. The number of nitrogens with one attached hydrogen (secondary N) is 2. The highest BCUT2D eigenvalue weighted by Gasteiger charge is 2.11. The van der Waals surface area contributed by atoms with Crippen LogP contribution in [0.25, 0.3) is 0 Å². The predicted molar refractivity (Wildman–Crippen MR) is 106 cm³/mol. The molecule has 0 radical (unpaired) electrons. The van der Waals surface area contributed by atoms with Gasteiger partial charge in [0, 0.05) is 23.9 Å². The molecule has 0 spiro atoms. The van der Waals surface area contributed by atoms with E-state index in [0.29, 0.717) is 29.4 Å².